The molecule has 140 valence electrons. The zero-order valence-corrected chi connectivity index (χ0v) is 14.6. The number of H-pyrrole nitrogens is 1. The van der Waals surface area contributed by atoms with E-state index in [1.807, 2.05) is 6.07 Å². The standard InChI is InChI=1S/C19H16N6O3/c26-16(22-12-5-3-4-11(8-12)17-20-10-21-25-17)9-15-19(28)23-14-7-2-1-6-13(14)18(27)24-15/h1-8,10,15H,9H2,(H,22,26)(H,23,28)(H,24,27)(H,20,21,25)/t15-/m1/s1. The minimum absolute atomic E-state index is 0.196. The molecule has 0 saturated carbocycles. The van der Waals surface area contributed by atoms with E-state index in [1.165, 1.54) is 6.33 Å². The predicted molar refractivity (Wildman–Crippen MR) is 101 cm³/mol. The summed E-state index contributed by atoms with van der Waals surface area (Å²) in [5.41, 5.74) is 2.08. The van der Waals surface area contributed by atoms with Crippen LogP contribution < -0.4 is 16.0 Å². The van der Waals surface area contributed by atoms with E-state index in [2.05, 4.69) is 31.1 Å². The maximum absolute atomic E-state index is 12.4. The van der Waals surface area contributed by atoms with Crippen molar-refractivity contribution in [3.63, 3.8) is 0 Å². The van der Waals surface area contributed by atoms with Crippen molar-refractivity contribution in [1.82, 2.24) is 20.5 Å². The van der Waals surface area contributed by atoms with Crippen LogP contribution in [0.4, 0.5) is 11.4 Å². The van der Waals surface area contributed by atoms with Crippen molar-refractivity contribution in [3.8, 4) is 11.4 Å². The molecule has 1 aliphatic rings. The first kappa shape index (κ1) is 17.4. The maximum Gasteiger partial charge on any atom is 0.254 e. The minimum atomic E-state index is -0.975. The molecule has 28 heavy (non-hydrogen) atoms. The van der Waals surface area contributed by atoms with Crippen LogP contribution in [0.3, 0.4) is 0 Å². The van der Waals surface area contributed by atoms with E-state index >= 15 is 0 Å². The van der Waals surface area contributed by atoms with Gasteiger partial charge in [0, 0.05) is 11.3 Å². The lowest BCUT2D eigenvalue weighted by Crippen LogP contribution is -2.43. The van der Waals surface area contributed by atoms with E-state index in [0.717, 1.165) is 5.56 Å². The Kier molecular flexibility index (Phi) is 4.55. The van der Waals surface area contributed by atoms with Gasteiger partial charge >= 0.3 is 0 Å². The first-order chi connectivity index (χ1) is 13.6. The third-order valence-corrected chi connectivity index (χ3v) is 4.28. The van der Waals surface area contributed by atoms with Crippen LogP contribution in [0.1, 0.15) is 16.8 Å². The number of para-hydroxylation sites is 1. The number of nitrogens with zero attached hydrogens (tertiary/aromatic N) is 2. The van der Waals surface area contributed by atoms with Gasteiger partial charge < -0.3 is 16.0 Å². The van der Waals surface area contributed by atoms with Crippen molar-refractivity contribution in [3.05, 3.63) is 60.4 Å². The molecule has 0 aliphatic carbocycles. The number of amides is 3. The van der Waals surface area contributed by atoms with Gasteiger partial charge in [0.25, 0.3) is 5.91 Å². The van der Waals surface area contributed by atoms with Gasteiger partial charge in [-0.1, -0.05) is 24.3 Å². The Morgan fingerprint density at radius 2 is 1.96 bits per heavy atom. The number of benzene rings is 2. The zero-order chi connectivity index (χ0) is 19.5. The van der Waals surface area contributed by atoms with E-state index in [4.69, 9.17) is 0 Å². The molecule has 0 saturated heterocycles. The summed E-state index contributed by atoms with van der Waals surface area (Å²) in [6.45, 7) is 0. The summed E-state index contributed by atoms with van der Waals surface area (Å²) in [6.07, 6.45) is 1.20. The molecule has 0 fully saturated rings. The lowest BCUT2D eigenvalue weighted by molar-refractivity contribution is -0.122. The van der Waals surface area contributed by atoms with Crippen LogP contribution in [0, 0.1) is 0 Å². The lowest BCUT2D eigenvalue weighted by atomic mass is 10.1. The number of nitrogens with one attached hydrogen (secondary N) is 4. The monoisotopic (exact) mass is 376 g/mol. The molecule has 2 heterocycles. The van der Waals surface area contributed by atoms with Gasteiger partial charge in [-0.25, -0.2) is 4.98 Å². The fraction of sp³-hybridized carbons (Fsp3) is 0.105. The number of hydrogen-bond acceptors (Lipinski definition) is 5. The van der Waals surface area contributed by atoms with Crippen LogP contribution >= 0.6 is 0 Å². The van der Waals surface area contributed by atoms with Gasteiger partial charge in [0.15, 0.2) is 5.82 Å². The van der Waals surface area contributed by atoms with E-state index in [0.29, 0.717) is 22.8 Å². The highest BCUT2D eigenvalue weighted by Gasteiger charge is 2.29. The second kappa shape index (κ2) is 7.31. The number of fused-ring (bicyclic) bond motifs is 1. The summed E-state index contributed by atoms with van der Waals surface area (Å²) in [7, 11) is 0. The number of aromatic nitrogens is 3. The molecule has 2 aromatic carbocycles. The predicted octanol–water partition coefficient (Wildman–Crippen LogP) is 1.55. The lowest BCUT2D eigenvalue weighted by Gasteiger charge is -2.14. The third-order valence-electron chi connectivity index (χ3n) is 4.28. The second-order valence-corrected chi connectivity index (χ2v) is 6.23. The van der Waals surface area contributed by atoms with Gasteiger partial charge in [0.05, 0.1) is 17.7 Å². The van der Waals surface area contributed by atoms with Crippen molar-refractivity contribution >= 4 is 29.1 Å². The Bertz CT molecular complexity index is 1050. The molecule has 0 spiro atoms. The summed E-state index contributed by atoms with van der Waals surface area (Å²) in [5.74, 6) is -0.673. The van der Waals surface area contributed by atoms with Crippen molar-refractivity contribution in [2.45, 2.75) is 12.5 Å². The van der Waals surface area contributed by atoms with Crippen molar-refractivity contribution in [2.75, 3.05) is 10.6 Å². The summed E-state index contributed by atoms with van der Waals surface area (Å²) >= 11 is 0. The SMILES string of the molecule is O=C(C[C@H]1NC(=O)c2ccccc2NC1=O)Nc1cccc(-c2ncn[nH]2)c1. The number of carbonyl (C=O) groups excluding carboxylic acids is 3. The molecule has 0 bridgehead atoms. The number of rotatable bonds is 4. The highest BCUT2D eigenvalue weighted by atomic mass is 16.2. The molecule has 0 unspecified atom stereocenters. The van der Waals surface area contributed by atoms with Gasteiger partial charge in [-0.15, -0.1) is 0 Å². The molecule has 3 amide bonds. The molecule has 9 nitrogen and oxygen atoms in total. The average Bonchev–Trinajstić information content (AvgIpc) is 3.19. The number of anilines is 2. The summed E-state index contributed by atoms with van der Waals surface area (Å²) in [6, 6.07) is 12.8. The van der Waals surface area contributed by atoms with E-state index in [-0.39, 0.29) is 6.42 Å². The van der Waals surface area contributed by atoms with Gasteiger partial charge in [-0.2, -0.15) is 5.10 Å². The van der Waals surface area contributed by atoms with E-state index < -0.39 is 23.8 Å². The summed E-state index contributed by atoms with van der Waals surface area (Å²) in [4.78, 5) is 41.2. The molecule has 1 atom stereocenters. The van der Waals surface area contributed by atoms with Crippen molar-refractivity contribution in [2.24, 2.45) is 0 Å². The van der Waals surface area contributed by atoms with Gasteiger partial charge in [0.1, 0.15) is 12.4 Å². The Labute approximate surface area is 159 Å². The quantitative estimate of drug-likeness (QED) is 0.549. The number of carbonyl (C=O) groups is 3. The van der Waals surface area contributed by atoms with Gasteiger partial charge in [-0.05, 0) is 24.3 Å². The normalized spacial score (nSPS) is 15.8. The zero-order valence-electron chi connectivity index (χ0n) is 14.6. The fourth-order valence-corrected chi connectivity index (χ4v) is 2.94. The van der Waals surface area contributed by atoms with Crippen molar-refractivity contribution < 1.29 is 14.4 Å². The molecule has 4 N–H and O–H groups in total. The molecule has 0 radical (unpaired) electrons. The number of hydrogen-bond donors (Lipinski definition) is 4. The van der Waals surface area contributed by atoms with Crippen LogP contribution in [0.25, 0.3) is 11.4 Å². The molecule has 3 aromatic rings. The minimum Gasteiger partial charge on any atom is -0.340 e. The molecule has 1 aliphatic heterocycles. The summed E-state index contributed by atoms with van der Waals surface area (Å²) < 4.78 is 0. The molecule has 4 rings (SSSR count). The molecular weight excluding hydrogens is 360 g/mol. The maximum atomic E-state index is 12.4. The summed E-state index contributed by atoms with van der Waals surface area (Å²) in [5, 5.41) is 14.6. The Hall–Kier alpha value is -4.01. The van der Waals surface area contributed by atoms with Gasteiger partial charge in [-0.3, -0.25) is 19.5 Å². The smallest absolute Gasteiger partial charge is 0.254 e. The van der Waals surface area contributed by atoms with Crippen LogP contribution in [0.5, 0.6) is 0 Å². The first-order valence-electron chi connectivity index (χ1n) is 8.56. The fourth-order valence-electron chi connectivity index (χ4n) is 2.94. The van der Waals surface area contributed by atoms with Crippen LogP contribution in [-0.4, -0.2) is 38.9 Å². The van der Waals surface area contributed by atoms with Crippen molar-refractivity contribution in [1.29, 1.82) is 0 Å². The highest BCUT2D eigenvalue weighted by molar-refractivity contribution is 6.11. The second-order valence-electron chi connectivity index (χ2n) is 6.23. The first-order valence-corrected chi connectivity index (χ1v) is 8.56. The van der Waals surface area contributed by atoms with Crippen LogP contribution in [-0.2, 0) is 9.59 Å². The molecule has 1 aromatic heterocycles. The number of aromatic amines is 1. The van der Waals surface area contributed by atoms with E-state index in [1.54, 1.807) is 42.5 Å². The van der Waals surface area contributed by atoms with E-state index in [9.17, 15) is 14.4 Å². The molecular formula is C19H16N6O3. The third kappa shape index (κ3) is 3.58. The van der Waals surface area contributed by atoms with Crippen LogP contribution in [0.15, 0.2) is 54.9 Å². The largest absolute Gasteiger partial charge is 0.340 e. The Morgan fingerprint density at radius 3 is 2.79 bits per heavy atom. The molecule has 9 heteroatoms. The Balaban J connectivity index is 1.45. The van der Waals surface area contributed by atoms with Crippen LogP contribution in [0.2, 0.25) is 0 Å². The topological polar surface area (TPSA) is 129 Å². The Morgan fingerprint density at radius 1 is 1.11 bits per heavy atom. The van der Waals surface area contributed by atoms with Gasteiger partial charge in [0.2, 0.25) is 11.8 Å². The highest BCUT2D eigenvalue weighted by Crippen LogP contribution is 2.20. The average molecular weight is 376 g/mol.